The van der Waals surface area contributed by atoms with E-state index in [2.05, 4.69) is 29.4 Å². The van der Waals surface area contributed by atoms with E-state index in [4.69, 9.17) is 18.7 Å². The molecule has 8 nitrogen and oxygen atoms in total. The zero-order valence-corrected chi connectivity index (χ0v) is 19.8. The molecule has 1 rings (SSSR count). The second-order valence-electron chi connectivity index (χ2n) is 7.18. The van der Waals surface area contributed by atoms with Crippen LogP contribution in [-0.4, -0.2) is 53.5 Å². The van der Waals surface area contributed by atoms with E-state index in [-0.39, 0.29) is 12.2 Å². The molecule has 0 fully saturated rings. The van der Waals surface area contributed by atoms with Crippen LogP contribution < -0.4 is 10.1 Å². The fourth-order valence-corrected chi connectivity index (χ4v) is 4.55. The Kier molecular flexibility index (Phi) is 13.7. The van der Waals surface area contributed by atoms with E-state index in [1.807, 2.05) is 24.3 Å². The van der Waals surface area contributed by atoms with Gasteiger partial charge in [-0.2, -0.15) is 10.2 Å². The van der Waals surface area contributed by atoms with Crippen LogP contribution in [0.1, 0.15) is 51.5 Å². The van der Waals surface area contributed by atoms with Gasteiger partial charge in [-0.3, -0.25) is 0 Å². The number of amides is 1. The molecule has 1 amide bonds. The Balaban J connectivity index is 2.73. The lowest BCUT2D eigenvalue weighted by Crippen LogP contribution is -2.37. The van der Waals surface area contributed by atoms with Gasteiger partial charge in [-0.25, -0.2) is 4.79 Å². The molecule has 0 saturated heterocycles. The molecule has 0 aliphatic carbocycles. The largest absolute Gasteiger partial charge is 0.493 e. The van der Waals surface area contributed by atoms with Gasteiger partial charge in [0, 0.05) is 26.3 Å². The van der Waals surface area contributed by atoms with Crippen LogP contribution in [0.5, 0.6) is 5.75 Å². The van der Waals surface area contributed by atoms with Crippen LogP contribution >= 0.6 is 0 Å². The Bertz CT molecular complexity index is 628. The van der Waals surface area contributed by atoms with Gasteiger partial charge in [0.05, 0.1) is 13.2 Å². The molecule has 0 heterocycles. The van der Waals surface area contributed by atoms with Crippen molar-refractivity contribution >= 4 is 15.4 Å². The van der Waals surface area contributed by atoms with Crippen LogP contribution in [0.15, 0.2) is 34.5 Å². The van der Waals surface area contributed by atoms with E-state index in [0.29, 0.717) is 25.5 Å². The monoisotopic (exact) mass is 439 g/mol. The minimum Gasteiger partial charge on any atom is -0.493 e. The summed E-state index contributed by atoms with van der Waals surface area (Å²) in [5, 5.41) is 19.9. The first-order valence-electron chi connectivity index (χ1n) is 10.6. The van der Waals surface area contributed by atoms with Crippen LogP contribution in [0.3, 0.4) is 0 Å². The SMILES string of the molecule is CCCCC(CC)COc1ccccc1CN=NC(CCNC(=O)O)[SiH](OC)OC. The Morgan fingerprint density at radius 1 is 1.20 bits per heavy atom. The van der Waals surface area contributed by atoms with Crippen molar-refractivity contribution in [1.82, 2.24) is 5.32 Å². The molecule has 0 aromatic heterocycles. The third-order valence-corrected chi connectivity index (χ3v) is 6.98. The van der Waals surface area contributed by atoms with Gasteiger partial charge in [-0.1, -0.05) is 51.3 Å². The van der Waals surface area contributed by atoms with Gasteiger partial charge in [-0.15, -0.1) is 0 Å². The molecule has 9 heteroatoms. The van der Waals surface area contributed by atoms with Crippen molar-refractivity contribution in [2.45, 2.75) is 58.2 Å². The third kappa shape index (κ3) is 10.2. The molecule has 30 heavy (non-hydrogen) atoms. The number of carboxylic acid groups (broad SMARTS) is 1. The number of para-hydroxylation sites is 1. The zero-order valence-electron chi connectivity index (χ0n) is 18.7. The standard InChI is InChI=1S/C21H37N3O5Si/c1-5-7-10-17(6-2)16-29-19-12-9-8-11-18(19)15-23-24-20(30(27-3)28-4)13-14-22-21(25)26/h8-9,11-12,17,20,22,30H,5-7,10,13-16H2,1-4H3,(H,25,26). The smallest absolute Gasteiger partial charge is 0.404 e. The molecular formula is C21H37N3O5Si. The number of ether oxygens (including phenoxy) is 1. The normalized spacial score (nSPS) is 13.5. The fourth-order valence-electron chi connectivity index (χ4n) is 3.09. The molecule has 0 saturated carbocycles. The van der Waals surface area contributed by atoms with E-state index < -0.39 is 15.4 Å². The number of hydrogen-bond acceptors (Lipinski definition) is 6. The van der Waals surface area contributed by atoms with Gasteiger partial charge in [-0.05, 0) is 24.8 Å². The van der Waals surface area contributed by atoms with Crippen LogP contribution in [0.4, 0.5) is 4.79 Å². The highest BCUT2D eigenvalue weighted by Gasteiger charge is 2.24. The highest BCUT2D eigenvalue weighted by Crippen LogP contribution is 2.22. The molecule has 2 N–H and O–H groups in total. The van der Waals surface area contributed by atoms with Gasteiger partial charge < -0.3 is 24.0 Å². The van der Waals surface area contributed by atoms with Gasteiger partial charge >= 0.3 is 15.4 Å². The summed E-state index contributed by atoms with van der Waals surface area (Å²) < 4.78 is 16.9. The minimum atomic E-state index is -2.08. The maximum atomic E-state index is 10.7. The summed E-state index contributed by atoms with van der Waals surface area (Å²) >= 11 is 0. The molecule has 0 aliphatic heterocycles. The minimum absolute atomic E-state index is 0.269. The lowest BCUT2D eigenvalue weighted by Gasteiger charge is -2.18. The summed E-state index contributed by atoms with van der Waals surface area (Å²) in [7, 11) is 1.09. The number of nitrogens with one attached hydrogen (secondary N) is 1. The van der Waals surface area contributed by atoms with E-state index in [0.717, 1.165) is 17.7 Å². The van der Waals surface area contributed by atoms with E-state index in [9.17, 15) is 4.79 Å². The van der Waals surface area contributed by atoms with Crippen molar-refractivity contribution in [1.29, 1.82) is 0 Å². The molecular weight excluding hydrogens is 402 g/mol. The summed E-state index contributed by atoms with van der Waals surface area (Å²) in [6.07, 6.45) is 4.12. The quantitative estimate of drug-likeness (QED) is 0.295. The highest BCUT2D eigenvalue weighted by atomic mass is 28.3. The Morgan fingerprint density at radius 2 is 1.93 bits per heavy atom. The van der Waals surface area contributed by atoms with Crippen LogP contribution in [-0.2, 0) is 15.4 Å². The Labute approximate surface area is 181 Å². The summed E-state index contributed by atoms with van der Waals surface area (Å²) in [5.74, 6) is 1.39. The molecule has 0 aliphatic rings. The van der Waals surface area contributed by atoms with Crippen molar-refractivity contribution in [3.8, 4) is 5.75 Å². The zero-order chi connectivity index (χ0) is 22.2. The highest BCUT2D eigenvalue weighted by molar-refractivity contribution is 6.46. The third-order valence-electron chi connectivity index (χ3n) is 4.96. The predicted octanol–water partition coefficient (Wildman–Crippen LogP) is 4.31. The molecule has 2 atom stereocenters. The second-order valence-corrected chi connectivity index (χ2v) is 9.63. The summed E-state index contributed by atoms with van der Waals surface area (Å²) in [6.45, 7) is 5.77. The maximum absolute atomic E-state index is 10.7. The molecule has 1 aromatic rings. The van der Waals surface area contributed by atoms with Gasteiger partial charge in [0.1, 0.15) is 11.4 Å². The van der Waals surface area contributed by atoms with Crippen LogP contribution in [0.25, 0.3) is 0 Å². The molecule has 1 aromatic carbocycles. The first-order chi connectivity index (χ1) is 14.5. The van der Waals surface area contributed by atoms with Crippen molar-refractivity contribution < 1.29 is 23.5 Å². The molecule has 170 valence electrons. The average molecular weight is 440 g/mol. The van der Waals surface area contributed by atoms with E-state index >= 15 is 0 Å². The van der Waals surface area contributed by atoms with Gasteiger partial charge in [0.2, 0.25) is 0 Å². The van der Waals surface area contributed by atoms with Gasteiger partial charge in [0.25, 0.3) is 0 Å². The van der Waals surface area contributed by atoms with Crippen LogP contribution in [0, 0.1) is 5.92 Å². The van der Waals surface area contributed by atoms with Crippen molar-refractivity contribution in [2.24, 2.45) is 16.1 Å². The van der Waals surface area contributed by atoms with E-state index in [1.165, 1.54) is 19.3 Å². The Morgan fingerprint density at radius 3 is 2.57 bits per heavy atom. The van der Waals surface area contributed by atoms with Crippen molar-refractivity contribution in [3.63, 3.8) is 0 Å². The van der Waals surface area contributed by atoms with Crippen LogP contribution in [0.2, 0.25) is 0 Å². The second kappa shape index (κ2) is 15.8. The summed E-state index contributed by atoms with van der Waals surface area (Å²) in [5.41, 5.74) is 0.695. The number of benzene rings is 1. The lowest BCUT2D eigenvalue weighted by atomic mass is 10.0. The Hall–Kier alpha value is -1.97. The number of azo groups is 1. The predicted molar refractivity (Wildman–Crippen MR) is 119 cm³/mol. The maximum Gasteiger partial charge on any atom is 0.404 e. The molecule has 2 unspecified atom stereocenters. The first kappa shape index (κ1) is 26.1. The van der Waals surface area contributed by atoms with Crippen molar-refractivity contribution in [2.75, 3.05) is 27.4 Å². The van der Waals surface area contributed by atoms with E-state index in [1.54, 1.807) is 14.2 Å². The number of hydrogen-bond donors (Lipinski definition) is 2. The molecule has 0 spiro atoms. The number of rotatable bonds is 16. The molecule has 0 radical (unpaired) electrons. The number of unbranched alkanes of at least 4 members (excludes halogenated alkanes) is 1. The number of carbonyl (C=O) groups is 1. The summed E-state index contributed by atoms with van der Waals surface area (Å²) in [6, 6.07) is 7.88. The lowest BCUT2D eigenvalue weighted by molar-refractivity contribution is 0.194. The van der Waals surface area contributed by atoms with Gasteiger partial charge in [0.15, 0.2) is 0 Å². The average Bonchev–Trinajstić information content (AvgIpc) is 2.75. The number of nitrogens with zero attached hydrogens (tertiary/aromatic N) is 2. The fraction of sp³-hybridized carbons (Fsp3) is 0.667. The summed E-state index contributed by atoms with van der Waals surface area (Å²) in [4.78, 5) is 10.7. The topological polar surface area (TPSA) is 102 Å². The van der Waals surface area contributed by atoms with Crippen molar-refractivity contribution in [3.05, 3.63) is 29.8 Å². The molecule has 0 bridgehead atoms. The first-order valence-corrected chi connectivity index (χ1v) is 12.3.